The first kappa shape index (κ1) is 14.9. The Morgan fingerprint density at radius 1 is 1.40 bits per heavy atom. The van der Waals surface area contributed by atoms with Crippen LogP contribution < -0.4 is 5.32 Å². The highest BCUT2D eigenvalue weighted by Crippen LogP contribution is 2.21. The van der Waals surface area contributed by atoms with Gasteiger partial charge < -0.3 is 10.4 Å². The lowest BCUT2D eigenvalue weighted by Crippen LogP contribution is -2.36. The highest BCUT2D eigenvalue weighted by molar-refractivity contribution is 5.92. The summed E-state index contributed by atoms with van der Waals surface area (Å²) in [7, 11) is 0. The summed E-state index contributed by atoms with van der Waals surface area (Å²) in [5.74, 6) is -0.390. The third-order valence-corrected chi connectivity index (χ3v) is 3.67. The van der Waals surface area contributed by atoms with Crippen molar-refractivity contribution in [3.05, 3.63) is 30.1 Å². The lowest BCUT2D eigenvalue weighted by atomic mass is 10.1. The highest BCUT2D eigenvalue weighted by atomic mass is 19.1. The molecule has 0 aliphatic carbocycles. The molecule has 0 bridgehead atoms. The number of rotatable bonds is 6. The highest BCUT2D eigenvalue weighted by Gasteiger charge is 2.25. The Morgan fingerprint density at radius 3 is 2.85 bits per heavy atom. The van der Waals surface area contributed by atoms with E-state index in [0.29, 0.717) is 18.3 Å². The van der Waals surface area contributed by atoms with Crippen LogP contribution in [0.2, 0.25) is 0 Å². The van der Waals surface area contributed by atoms with Crippen LogP contribution in [0.1, 0.15) is 25.7 Å². The van der Waals surface area contributed by atoms with Gasteiger partial charge in [0, 0.05) is 18.3 Å². The molecule has 1 amide bonds. The molecule has 1 fully saturated rings. The van der Waals surface area contributed by atoms with E-state index in [1.165, 1.54) is 12.1 Å². The number of aliphatic hydroxyl groups excluding tert-OH is 1. The topological polar surface area (TPSA) is 52.6 Å². The van der Waals surface area contributed by atoms with Crippen LogP contribution in [0.5, 0.6) is 0 Å². The number of benzene rings is 1. The monoisotopic (exact) mass is 280 g/mol. The molecule has 1 heterocycles. The number of likely N-dealkylation sites (tertiary alicyclic amines) is 1. The molecule has 5 heteroatoms. The fourth-order valence-corrected chi connectivity index (χ4v) is 2.68. The van der Waals surface area contributed by atoms with Gasteiger partial charge in [-0.25, -0.2) is 4.39 Å². The molecule has 1 saturated heterocycles. The average molecular weight is 280 g/mol. The van der Waals surface area contributed by atoms with Crippen molar-refractivity contribution in [2.75, 3.05) is 25.0 Å². The molecule has 0 radical (unpaired) electrons. The summed E-state index contributed by atoms with van der Waals surface area (Å²) >= 11 is 0. The van der Waals surface area contributed by atoms with Crippen molar-refractivity contribution < 1.29 is 14.3 Å². The molecule has 2 N–H and O–H groups in total. The van der Waals surface area contributed by atoms with E-state index >= 15 is 0 Å². The van der Waals surface area contributed by atoms with Crippen LogP contribution in [0.3, 0.4) is 0 Å². The molecule has 2 rings (SSSR count). The van der Waals surface area contributed by atoms with Gasteiger partial charge in [0.15, 0.2) is 0 Å². The third kappa shape index (κ3) is 4.28. The number of carbonyl (C=O) groups is 1. The molecular weight excluding hydrogens is 259 g/mol. The van der Waals surface area contributed by atoms with E-state index in [1.54, 1.807) is 12.1 Å². The van der Waals surface area contributed by atoms with Crippen molar-refractivity contribution in [3.63, 3.8) is 0 Å². The van der Waals surface area contributed by atoms with Crippen molar-refractivity contribution in [1.82, 2.24) is 4.90 Å². The number of hydrogen-bond donors (Lipinski definition) is 2. The smallest absolute Gasteiger partial charge is 0.238 e. The summed E-state index contributed by atoms with van der Waals surface area (Å²) in [4.78, 5) is 14.1. The van der Waals surface area contributed by atoms with Crippen LogP contribution in [0.15, 0.2) is 24.3 Å². The zero-order chi connectivity index (χ0) is 14.4. The Labute approximate surface area is 118 Å². The van der Waals surface area contributed by atoms with Gasteiger partial charge in [-0.2, -0.15) is 0 Å². The van der Waals surface area contributed by atoms with Gasteiger partial charge in [0.05, 0.1) is 6.54 Å². The maximum atomic E-state index is 12.8. The zero-order valence-electron chi connectivity index (χ0n) is 11.5. The van der Waals surface area contributed by atoms with Crippen LogP contribution in [0.25, 0.3) is 0 Å². The maximum Gasteiger partial charge on any atom is 0.238 e. The number of halogens is 1. The van der Waals surface area contributed by atoms with Gasteiger partial charge in [-0.3, -0.25) is 9.69 Å². The molecule has 0 aromatic heterocycles. The predicted molar refractivity (Wildman–Crippen MR) is 75.9 cm³/mol. The Balaban J connectivity index is 1.82. The summed E-state index contributed by atoms with van der Waals surface area (Å²) < 4.78 is 12.8. The van der Waals surface area contributed by atoms with Crippen molar-refractivity contribution in [2.45, 2.75) is 31.7 Å². The minimum Gasteiger partial charge on any atom is -0.396 e. The predicted octanol–water partition coefficient (Wildman–Crippen LogP) is 2.00. The minimum atomic E-state index is -0.313. The second-order valence-electron chi connectivity index (χ2n) is 5.19. The van der Waals surface area contributed by atoms with Crippen molar-refractivity contribution in [1.29, 1.82) is 0 Å². The number of nitrogens with one attached hydrogen (secondary N) is 1. The average Bonchev–Trinajstić information content (AvgIpc) is 2.86. The van der Waals surface area contributed by atoms with Crippen LogP contribution in [0, 0.1) is 5.82 Å². The van der Waals surface area contributed by atoms with E-state index < -0.39 is 0 Å². The quantitative estimate of drug-likeness (QED) is 0.838. The molecule has 1 aliphatic heterocycles. The molecule has 1 aliphatic rings. The maximum absolute atomic E-state index is 12.8. The van der Waals surface area contributed by atoms with Gasteiger partial charge in [0.2, 0.25) is 5.91 Å². The van der Waals surface area contributed by atoms with E-state index in [2.05, 4.69) is 10.2 Å². The normalized spacial score (nSPS) is 19.2. The van der Waals surface area contributed by atoms with Crippen LogP contribution in [-0.2, 0) is 4.79 Å². The van der Waals surface area contributed by atoms with E-state index in [0.717, 1.165) is 32.2 Å². The summed E-state index contributed by atoms with van der Waals surface area (Å²) in [6.45, 7) is 1.48. The molecule has 0 saturated carbocycles. The third-order valence-electron chi connectivity index (χ3n) is 3.67. The molecule has 4 nitrogen and oxygen atoms in total. The molecule has 1 aromatic rings. The largest absolute Gasteiger partial charge is 0.396 e. The first-order chi connectivity index (χ1) is 9.69. The van der Waals surface area contributed by atoms with Crippen molar-refractivity contribution >= 4 is 11.6 Å². The molecular formula is C15H21FN2O2. The summed E-state index contributed by atoms with van der Waals surface area (Å²) in [6.07, 6.45) is 3.89. The minimum absolute atomic E-state index is 0.0764. The molecule has 1 aromatic carbocycles. The molecule has 0 spiro atoms. The van der Waals surface area contributed by atoms with Gasteiger partial charge in [-0.05, 0) is 56.5 Å². The Hall–Kier alpha value is -1.46. The van der Waals surface area contributed by atoms with Crippen LogP contribution in [-0.4, -0.2) is 41.7 Å². The summed E-state index contributed by atoms with van der Waals surface area (Å²) in [5, 5.41) is 11.7. The Bertz CT molecular complexity index is 436. The zero-order valence-corrected chi connectivity index (χ0v) is 11.5. The second-order valence-corrected chi connectivity index (χ2v) is 5.19. The lowest BCUT2D eigenvalue weighted by molar-refractivity contribution is -0.117. The fraction of sp³-hybridized carbons (Fsp3) is 0.533. The number of aliphatic hydroxyl groups is 1. The number of anilines is 1. The summed E-state index contributed by atoms with van der Waals surface area (Å²) in [6, 6.07) is 6.16. The molecule has 20 heavy (non-hydrogen) atoms. The number of hydrogen-bond acceptors (Lipinski definition) is 3. The van der Waals surface area contributed by atoms with E-state index in [4.69, 9.17) is 5.11 Å². The van der Waals surface area contributed by atoms with Crippen LogP contribution in [0.4, 0.5) is 10.1 Å². The molecule has 1 unspecified atom stereocenters. The van der Waals surface area contributed by atoms with Crippen molar-refractivity contribution in [3.8, 4) is 0 Å². The van der Waals surface area contributed by atoms with E-state index in [9.17, 15) is 9.18 Å². The Morgan fingerprint density at radius 2 is 2.15 bits per heavy atom. The van der Waals surface area contributed by atoms with E-state index in [-0.39, 0.29) is 18.3 Å². The second kappa shape index (κ2) is 7.36. The first-order valence-corrected chi connectivity index (χ1v) is 7.09. The molecule has 1 atom stereocenters. The number of carbonyl (C=O) groups excluding carboxylic acids is 1. The Kier molecular flexibility index (Phi) is 5.49. The lowest BCUT2D eigenvalue weighted by Gasteiger charge is -2.23. The summed E-state index contributed by atoms with van der Waals surface area (Å²) in [5.41, 5.74) is 0.613. The van der Waals surface area contributed by atoms with E-state index in [1.807, 2.05) is 0 Å². The standard InChI is InChI=1S/C15H21FN2O2/c16-12-5-7-13(8-6-12)17-15(20)11-18-9-1-3-14(18)4-2-10-19/h5-8,14,19H,1-4,9-11H2,(H,17,20). The van der Waals surface area contributed by atoms with Gasteiger partial charge in [0.25, 0.3) is 0 Å². The van der Waals surface area contributed by atoms with Gasteiger partial charge in [-0.1, -0.05) is 0 Å². The van der Waals surface area contributed by atoms with Gasteiger partial charge in [-0.15, -0.1) is 0 Å². The van der Waals surface area contributed by atoms with Crippen LogP contribution >= 0.6 is 0 Å². The molecule has 110 valence electrons. The van der Waals surface area contributed by atoms with Gasteiger partial charge in [0.1, 0.15) is 5.82 Å². The number of nitrogens with zero attached hydrogens (tertiary/aromatic N) is 1. The van der Waals surface area contributed by atoms with Crippen molar-refractivity contribution in [2.24, 2.45) is 0 Å². The fourth-order valence-electron chi connectivity index (χ4n) is 2.68. The van der Waals surface area contributed by atoms with Gasteiger partial charge >= 0.3 is 0 Å². The SMILES string of the molecule is O=C(CN1CCCC1CCCO)Nc1ccc(F)cc1. The number of amides is 1. The first-order valence-electron chi connectivity index (χ1n) is 7.09.